The summed E-state index contributed by atoms with van der Waals surface area (Å²) in [6.45, 7) is 23.4. The van der Waals surface area contributed by atoms with Gasteiger partial charge in [0.05, 0.1) is 0 Å². The number of carbonyl (C=O) groups is 4. The fraction of sp³-hybridized carbons (Fsp3) is 0.636. The molecule has 0 aromatic heterocycles. The summed E-state index contributed by atoms with van der Waals surface area (Å²) in [4.78, 5) is 44.2. The molecule has 5 heteroatoms. The van der Waals surface area contributed by atoms with Gasteiger partial charge in [-0.25, -0.2) is 4.79 Å². The van der Waals surface area contributed by atoms with Crippen LogP contribution in [0.1, 0.15) is 97.4 Å². The van der Waals surface area contributed by atoms with Gasteiger partial charge in [-0.15, -0.1) is 0 Å². The van der Waals surface area contributed by atoms with Gasteiger partial charge in [0, 0.05) is 0 Å². The second kappa shape index (κ2) is 362. The summed E-state index contributed by atoms with van der Waals surface area (Å²) in [6, 6.07) is 0. The highest BCUT2D eigenvalue weighted by atomic mass is 16.1. The fourth-order valence-corrected chi connectivity index (χ4v) is 0. The number of hydrogen-bond acceptors (Lipinski definition) is 5. The standard InChI is InChI=1S/C4H8.C3H4O.4C2H4O.3C2H6.CH4/c1-3-4-2;1-2-3-4;4*1-2-3;3*1-2;/h3-4H,1-2H3;2H,1H3;4*2H,1H3;3*1-2H3;1H4. The lowest BCUT2D eigenvalue weighted by atomic mass is 10.6. The molecular formula is C22H50O5. The lowest BCUT2D eigenvalue weighted by Gasteiger charge is -1.49. The van der Waals surface area contributed by atoms with Gasteiger partial charge in [0.1, 0.15) is 31.1 Å². The number of carbonyl (C=O) groups excluding carboxylic acids is 5. The van der Waals surface area contributed by atoms with E-state index in [0.29, 0.717) is 0 Å². The topological polar surface area (TPSA) is 85.3 Å². The monoisotopic (exact) mass is 394 g/mol. The average Bonchev–Trinajstić information content (AvgIpc) is 2.69. The van der Waals surface area contributed by atoms with E-state index in [1.807, 2.05) is 67.5 Å². The minimum absolute atomic E-state index is 0. The number of rotatable bonds is 0. The largest absolute Gasteiger partial charge is 0.304 e. The van der Waals surface area contributed by atoms with E-state index in [1.165, 1.54) is 33.8 Å². The zero-order valence-corrected chi connectivity index (χ0v) is 19.6. The van der Waals surface area contributed by atoms with Crippen molar-refractivity contribution < 1.29 is 24.0 Å². The molecule has 0 aromatic rings. The molecule has 0 rings (SSSR count). The Morgan fingerprint density at radius 3 is 0.556 bits per heavy atom. The van der Waals surface area contributed by atoms with Crippen molar-refractivity contribution in [3.8, 4) is 0 Å². The van der Waals surface area contributed by atoms with E-state index in [0.717, 1.165) is 25.1 Å². The summed E-state index contributed by atoms with van der Waals surface area (Å²) >= 11 is 0. The van der Waals surface area contributed by atoms with Crippen molar-refractivity contribution in [3.05, 3.63) is 18.2 Å². The Morgan fingerprint density at radius 2 is 0.556 bits per heavy atom. The lowest BCUT2D eigenvalue weighted by molar-refractivity contribution is -0.106. The van der Waals surface area contributed by atoms with Gasteiger partial charge in [-0.05, 0) is 54.5 Å². The molecule has 27 heavy (non-hydrogen) atoms. The van der Waals surface area contributed by atoms with E-state index in [1.54, 1.807) is 12.9 Å². The van der Waals surface area contributed by atoms with Crippen molar-refractivity contribution in [2.24, 2.45) is 0 Å². The minimum Gasteiger partial charge on any atom is -0.304 e. The summed E-state index contributed by atoms with van der Waals surface area (Å²) in [7, 11) is 0. The number of aldehydes is 4. The number of allylic oxidation sites excluding steroid dienone is 3. The van der Waals surface area contributed by atoms with Gasteiger partial charge in [0.25, 0.3) is 0 Å². The van der Waals surface area contributed by atoms with E-state index in [2.05, 4.69) is 0 Å². The van der Waals surface area contributed by atoms with Gasteiger partial charge in [-0.1, -0.05) is 61.1 Å². The van der Waals surface area contributed by atoms with E-state index in [4.69, 9.17) is 24.0 Å². The summed E-state index contributed by atoms with van der Waals surface area (Å²) in [6.07, 6.45) is 8.32. The molecule has 168 valence electrons. The summed E-state index contributed by atoms with van der Waals surface area (Å²) in [5, 5.41) is 0. The Morgan fingerprint density at radius 1 is 0.481 bits per heavy atom. The van der Waals surface area contributed by atoms with Crippen LogP contribution in [-0.4, -0.2) is 31.1 Å². The van der Waals surface area contributed by atoms with Crippen molar-refractivity contribution in [1.29, 1.82) is 0 Å². The van der Waals surface area contributed by atoms with E-state index < -0.39 is 0 Å². The van der Waals surface area contributed by atoms with Gasteiger partial charge in [0.15, 0.2) is 0 Å². The lowest BCUT2D eigenvalue weighted by Crippen LogP contribution is -1.36. The maximum Gasteiger partial charge on any atom is 0.119 e. The zero-order chi connectivity index (χ0) is 23.7. The first-order valence-electron chi connectivity index (χ1n) is 8.81. The van der Waals surface area contributed by atoms with Crippen LogP contribution in [-0.2, 0) is 24.0 Å². The molecule has 0 bridgehead atoms. The second-order valence-electron chi connectivity index (χ2n) is 2.02. The minimum atomic E-state index is 0. The highest BCUT2D eigenvalue weighted by molar-refractivity contribution is 5.45. The second-order valence-corrected chi connectivity index (χ2v) is 2.02. The molecule has 0 aliphatic rings. The average molecular weight is 395 g/mol. The molecule has 0 fully saturated rings. The summed E-state index contributed by atoms with van der Waals surface area (Å²) < 4.78 is 0. The van der Waals surface area contributed by atoms with Crippen LogP contribution in [0.3, 0.4) is 0 Å². The van der Waals surface area contributed by atoms with E-state index in [-0.39, 0.29) is 7.43 Å². The normalized spacial score (nSPS) is 4.63. The first-order chi connectivity index (χ1) is 12.5. The molecule has 0 N–H and O–H groups in total. The molecule has 0 saturated carbocycles. The van der Waals surface area contributed by atoms with Crippen molar-refractivity contribution in [2.75, 3.05) is 0 Å². The number of hydrogen-bond donors (Lipinski definition) is 0. The Labute approximate surface area is 171 Å². The Kier molecular flexibility index (Phi) is 860. The third kappa shape index (κ3) is 676000. The van der Waals surface area contributed by atoms with Crippen molar-refractivity contribution in [2.45, 2.75) is 97.4 Å². The van der Waals surface area contributed by atoms with Gasteiger partial charge >= 0.3 is 0 Å². The third-order valence-electron chi connectivity index (χ3n) is 0.451. The van der Waals surface area contributed by atoms with Crippen molar-refractivity contribution >= 4 is 31.1 Å². The van der Waals surface area contributed by atoms with Crippen LogP contribution < -0.4 is 0 Å². The van der Waals surface area contributed by atoms with Crippen LogP contribution in [0.15, 0.2) is 18.2 Å². The van der Waals surface area contributed by atoms with Crippen LogP contribution in [0.4, 0.5) is 0 Å². The first kappa shape index (κ1) is 64.1. The molecule has 0 atom stereocenters. The zero-order valence-electron chi connectivity index (χ0n) is 19.6. The SMILES string of the molecule is C.CC.CC.CC.CC=C=O.CC=CC.CC=O.CC=O.CC=O.CC=O. The quantitative estimate of drug-likeness (QED) is 0.265. The van der Waals surface area contributed by atoms with Gasteiger partial charge in [0.2, 0.25) is 0 Å². The maximum absolute atomic E-state index is 8.99. The van der Waals surface area contributed by atoms with Gasteiger partial charge < -0.3 is 19.2 Å². The molecule has 0 aromatic carbocycles. The molecule has 0 amide bonds. The first-order valence-corrected chi connectivity index (χ1v) is 8.81. The van der Waals surface area contributed by atoms with Crippen LogP contribution in [0.2, 0.25) is 0 Å². The molecule has 0 radical (unpaired) electrons. The molecule has 0 spiro atoms. The van der Waals surface area contributed by atoms with Crippen LogP contribution in [0, 0.1) is 0 Å². The molecular weight excluding hydrogens is 344 g/mol. The molecule has 0 aliphatic carbocycles. The Bertz CT molecular complexity index is 201. The Balaban J connectivity index is -0.0000000152. The van der Waals surface area contributed by atoms with Gasteiger partial charge in [-0.2, -0.15) is 0 Å². The summed E-state index contributed by atoms with van der Waals surface area (Å²) in [5.74, 6) is 1.56. The Hall–Kier alpha value is -2.13. The van der Waals surface area contributed by atoms with E-state index in [9.17, 15) is 0 Å². The molecule has 0 unspecified atom stereocenters. The van der Waals surface area contributed by atoms with Crippen molar-refractivity contribution in [3.63, 3.8) is 0 Å². The molecule has 5 nitrogen and oxygen atoms in total. The third-order valence-corrected chi connectivity index (χ3v) is 0.451. The fourth-order valence-electron chi connectivity index (χ4n) is 0. The highest BCUT2D eigenvalue weighted by Crippen LogP contribution is 1.57. The van der Waals surface area contributed by atoms with Crippen molar-refractivity contribution in [1.82, 2.24) is 0 Å². The predicted octanol–water partition coefficient (Wildman–Crippen LogP) is 6.51. The molecule has 0 saturated heterocycles. The van der Waals surface area contributed by atoms with Crippen LogP contribution in [0.25, 0.3) is 0 Å². The maximum atomic E-state index is 8.99. The molecule has 0 aliphatic heterocycles. The van der Waals surface area contributed by atoms with Crippen LogP contribution >= 0.6 is 0 Å². The highest BCUT2D eigenvalue weighted by Gasteiger charge is 1.34. The van der Waals surface area contributed by atoms with E-state index >= 15 is 0 Å². The summed E-state index contributed by atoms with van der Waals surface area (Å²) in [5.41, 5.74) is 0. The van der Waals surface area contributed by atoms with Crippen LogP contribution in [0.5, 0.6) is 0 Å². The predicted molar refractivity (Wildman–Crippen MR) is 124 cm³/mol. The van der Waals surface area contributed by atoms with Gasteiger partial charge in [-0.3, -0.25) is 0 Å². The molecule has 0 heterocycles. The smallest absolute Gasteiger partial charge is 0.119 e.